The number of nitrogens with zero attached hydrogens (tertiary/aromatic N) is 2. The zero-order valence-corrected chi connectivity index (χ0v) is 15.6. The molecule has 1 aromatic heterocycles. The van der Waals surface area contributed by atoms with E-state index < -0.39 is 0 Å². The molecule has 1 aromatic rings. The van der Waals surface area contributed by atoms with Crippen molar-refractivity contribution in [1.29, 1.82) is 0 Å². The predicted molar refractivity (Wildman–Crippen MR) is 92.7 cm³/mol. The van der Waals surface area contributed by atoms with Gasteiger partial charge in [0.05, 0.1) is 30.3 Å². The Hall–Kier alpha value is -0.495. The summed E-state index contributed by atoms with van der Waals surface area (Å²) >= 11 is 0. The molecule has 1 aliphatic rings. The molecule has 124 valence electrons. The van der Waals surface area contributed by atoms with Crippen LogP contribution < -0.4 is 5.46 Å². The lowest BCUT2D eigenvalue weighted by molar-refractivity contribution is 0.00578. The van der Waals surface area contributed by atoms with Crippen LogP contribution in [-0.2, 0) is 31.7 Å². The molecule has 0 spiro atoms. The molecular formula is C15H28BN2O3S+. The Morgan fingerprint density at radius 3 is 2.36 bits per heavy atom. The van der Waals surface area contributed by atoms with E-state index in [1.54, 1.807) is 0 Å². The van der Waals surface area contributed by atoms with Crippen LogP contribution in [0.1, 0.15) is 33.4 Å². The van der Waals surface area contributed by atoms with E-state index in [1.807, 2.05) is 17.8 Å². The molecule has 0 saturated carbocycles. The second-order valence-electron chi connectivity index (χ2n) is 7.00. The van der Waals surface area contributed by atoms with Gasteiger partial charge in [0.1, 0.15) is 12.5 Å². The van der Waals surface area contributed by atoms with Crippen molar-refractivity contribution in [3.05, 3.63) is 11.9 Å². The summed E-state index contributed by atoms with van der Waals surface area (Å²) in [6.45, 7) is 11.5. The smallest absolute Gasteiger partial charge is 0.399 e. The third kappa shape index (κ3) is 3.70. The summed E-state index contributed by atoms with van der Waals surface area (Å²) in [4.78, 5) is 0. The van der Waals surface area contributed by atoms with Crippen molar-refractivity contribution in [1.82, 2.24) is 9.78 Å². The largest absolute Gasteiger partial charge is 0.498 e. The second-order valence-corrected chi connectivity index (χ2v) is 9.38. The van der Waals surface area contributed by atoms with E-state index in [4.69, 9.17) is 14.0 Å². The van der Waals surface area contributed by atoms with Gasteiger partial charge in [-0.25, -0.2) is 4.68 Å². The number of hydrogen-bond acceptors (Lipinski definition) is 4. The van der Waals surface area contributed by atoms with Gasteiger partial charge < -0.3 is 14.0 Å². The first-order valence-corrected chi connectivity index (χ1v) is 9.85. The fourth-order valence-electron chi connectivity index (χ4n) is 2.17. The Morgan fingerprint density at radius 2 is 1.82 bits per heavy atom. The van der Waals surface area contributed by atoms with Gasteiger partial charge in [0.2, 0.25) is 0 Å². The fourth-order valence-corrected chi connectivity index (χ4v) is 2.62. The molecule has 7 heteroatoms. The maximum Gasteiger partial charge on any atom is 0.498 e. The molecule has 0 atom stereocenters. The van der Waals surface area contributed by atoms with Crippen molar-refractivity contribution in [2.45, 2.75) is 52.6 Å². The van der Waals surface area contributed by atoms with Crippen molar-refractivity contribution in [3.8, 4) is 0 Å². The molecule has 0 aliphatic carbocycles. The van der Waals surface area contributed by atoms with Crippen LogP contribution in [0.25, 0.3) is 0 Å². The first-order valence-electron chi connectivity index (χ1n) is 7.64. The maximum atomic E-state index is 6.09. The molecule has 1 fully saturated rings. The minimum Gasteiger partial charge on any atom is -0.399 e. The molecule has 0 radical (unpaired) electrons. The second kappa shape index (κ2) is 6.55. The van der Waals surface area contributed by atoms with Gasteiger partial charge in [0.15, 0.2) is 0 Å². The van der Waals surface area contributed by atoms with Gasteiger partial charge >= 0.3 is 7.12 Å². The molecule has 0 N–H and O–H groups in total. The highest BCUT2D eigenvalue weighted by atomic mass is 32.2. The summed E-state index contributed by atoms with van der Waals surface area (Å²) in [6, 6.07) is 0. The van der Waals surface area contributed by atoms with Crippen molar-refractivity contribution in [2.24, 2.45) is 0 Å². The predicted octanol–water partition coefficient (Wildman–Crippen LogP) is 1.34. The zero-order chi connectivity index (χ0) is 16.5. The summed E-state index contributed by atoms with van der Waals surface area (Å²) in [6.07, 6.45) is 6.27. The topological polar surface area (TPSA) is 45.5 Å². The van der Waals surface area contributed by atoms with Gasteiger partial charge in [-0.15, -0.1) is 0 Å². The minimum absolute atomic E-state index is 0.332. The normalized spacial score (nSPS) is 20.1. The minimum atomic E-state index is -0.365. The van der Waals surface area contributed by atoms with Crippen molar-refractivity contribution in [3.63, 3.8) is 0 Å². The van der Waals surface area contributed by atoms with Crippen LogP contribution in [0.2, 0.25) is 0 Å². The molecule has 2 rings (SSSR count). The molecule has 5 nitrogen and oxygen atoms in total. The molecule has 1 aliphatic heterocycles. The third-order valence-corrected chi connectivity index (χ3v) is 5.48. The van der Waals surface area contributed by atoms with Gasteiger partial charge in [0, 0.05) is 17.4 Å². The molecule has 2 heterocycles. The monoisotopic (exact) mass is 327 g/mol. The summed E-state index contributed by atoms with van der Waals surface area (Å²) in [5.41, 5.74) is 1.35. The van der Waals surface area contributed by atoms with Crippen LogP contribution in [-0.4, -0.2) is 53.0 Å². The SMILES string of the molecule is Cc1c(B2OC(C)(C)C(C)(C)O2)cnn1COCC[S+](C)C. The van der Waals surface area contributed by atoms with Gasteiger partial charge in [-0.2, -0.15) is 5.10 Å². The van der Waals surface area contributed by atoms with Crippen LogP contribution >= 0.6 is 0 Å². The van der Waals surface area contributed by atoms with Gasteiger partial charge in [-0.05, 0) is 45.5 Å². The molecular weight excluding hydrogens is 299 g/mol. The summed E-state index contributed by atoms with van der Waals surface area (Å²) in [5, 5.41) is 4.41. The summed E-state index contributed by atoms with van der Waals surface area (Å²) in [7, 11) is 0.0474. The Kier molecular flexibility index (Phi) is 5.32. The molecule has 0 bridgehead atoms. The molecule has 1 saturated heterocycles. The lowest BCUT2D eigenvalue weighted by atomic mass is 9.79. The van der Waals surface area contributed by atoms with Crippen molar-refractivity contribution >= 4 is 23.5 Å². The number of rotatable bonds is 6. The van der Waals surface area contributed by atoms with Crippen LogP contribution in [0.15, 0.2) is 6.20 Å². The first-order chi connectivity index (χ1) is 10.1. The summed E-state index contributed by atoms with van der Waals surface area (Å²) in [5.74, 6) is 1.09. The van der Waals surface area contributed by atoms with Crippen LogP contribution in [0, 0.1) is 6.92 Å². The van der Waals surface area contributed by atoms with Crippen molar-refractivity contribution < 1.29 is 14.0 Å². The third-order valence-electron chi connectivity index (χ3n) is 4.50. The van der Waals surface area contributed by atoms with E-state index in [0.29, 0.717) is 17.6 Å². The molecule has 0 unspecified atom stereocenters. The van der Waals surface area contributed by atoms with E-state index in [2.05, 4.69) is 45.3 Å². The lowest BCUT2D eigenvalue weighted by Gasteiger charge is -2.32. The van der Waals surface area contributed by atoms with E-state index in [9.17, 15) is 0 Å². The Balaban J connectivity index is 2.00. The van der Waals surface area contributed by atoms with E-state index >= 15 is 0 Å². The first kappa shape index (κ1) is 17.9. The number of hydrogen-bond donors (Lipinski definition) is 0. The Labute approximate surface area is 137 Å². The van der Waals surface area contributed by atoms with E-state index in [-0.39, 0.29) is 18.3 Å². The highest BCUT2D eigenvalue weighted by molar-refractivity contribution is 7.95. The average Bonchev–Trinajstić information content (AvgIpc) is 2.83. The van der Waals surface area contributed by atoms with Gasteiger partial charge in [0.25, 0.3) is 0 Å². The average molecular weight is 327 g/mol. The Morgan fingerprint density at radius 1 is 1.23 bits per heavy atom. The van der Waals surface area contributed by atoms with Gasteiger partial charge in [-0.1, -0.05) is 0 Å². The zero-order valence-electron chi connectivity index (χ0n) is 14.8. The van der Waals surface area contributed by atoms with E-state index in [1.165, 1.54) is 0 Å². The molecule has 22 heavy (non-hydrogen) atoms. The van der Waals surface area contributed by atoms with Crippen LogP contribution in [0.5, 0.6) is 0 Å². The molecule has 0 amide bonds. The highest BCUT2D eigenvalue weighted by Crippen LogP contribution is 2.36. The number of aromatic nitrogens is 2. The highest BCUT2D eigenvalue weighted by Gasteiger charge is 2.52. The van der Waals surface area contributed by atoms with Gasteiger partial charge in [-0.3, -0.25) is 0 Å². The van der Waals surface area contributed by atoms with Crippen LogP contribution in [0.3, 0.4) is 0 Å². The van der Waals surface area contributed by atoms with E-state index in [0.717, 1.165) is 23.5 Å². The molecule has 0 aromatic carbocycles. The van der Waals surface area contributed by atoms with Crippen LogP contribution in [0.4, 0.5) is 0 Å². The Bertz CT molecular complexity index is 501. The summed E-state index contributed by atoms with van der Waals surface area (Å²) < 4.78 is 19.7. The maximum absolute atomic E-state index is 6.09. The fraction of sp³-hybridized carbons (Fsp3) is 0.800. The van der Waals surface area contributed by atoms with Crippen molar-refractivity contribution in [2.75, 3.05) is 24.9 Å². The standard InChI is InChI=1S/C15H28BN2O3S/c1-12-13(16-20-14(2,3)15(4,5)21-16)10-17-18(12)11-19-8-9-22(6)7/h10H,8-9,11H2,1-7H3/q+1. The quantitative estimate of drug-likeness (QED) is 0.449. The number of ether oxygens (including phenoxy) is 1. The lowest BCUT2D eigenvalue weighted by Crippen LogP contribution is -2.41.